The van der Waals surface area contributed by atoms with E-state index in [1.165, 1.54) is 16.7 Å². The molecule has 1 unspecified atom stereocenters. The van der Waals surface area contributed by atoms with E-state index in [0.717, 1.165) is 29.7 Å². The van der Waals surface area contributed by atoms with Crippen molar-refractivity contribution in [2.75, 3.05) is 6.54 Å². The van der Waals surface area contributed by atoms with Crippen molar-refractivity contribution >= 4 is 15.9 Å². The lowest BCUT2D eigenvalue weighted by Crippen LogP contribution is -2.29. The predicted molar refractivity (Wildman–Crippen MR) is 85.1 cm³/mol. The minimum absolute atomic E-state index is 0.254. The van der Waals surface area contributed by atoms with Crippen molar-refractivity contribution in [1.29, 1.82) is 0 Å². The molecule has 1 heterocycles. The van der Waals surface area contributed by atoms with Crippen LogP contribution in [0.4, 0.5) is 0 Å². The summed E-state index contributed by atoms with van der Waals surface area (Å²) in [6, 6.07) is 14.8. The molecule has 3 heteroatoms. The van der Waals surface area contributed by atoms with Gasteiger partial charge in [-0.3, -0.25) is 0 Å². The maximum absolute atomic E-state index is 5.92. The number of fused-ring (bicyclic) bond motifs is 1. The monoisotopic (exact) mass is 331 g/mol. The molecule has 1 atom stereocenters. The van der Waals surface area contributed by atoms with Gasteiger partial charge >= 0.3 is 0 Å². The Labute approximate surface area is 128 Å². The molecule has 1 N–H and O–H groups in total. The highest BCUT2D eigenvalue weighted by molar-refractivity contribution is 9.10. The molecule has 0 saturated heterocycles. The van der Waals surface area contributed by atoms with E-state index >= 15 is 0 Å². The number of nitrogens with one attached hydrogen (secondary N) is 1. The van der Waals surface area contributed by atoms with Crippen molar-refractivity contribution in [2.45, 2.75) is 26.0 Å². The summed E-state index contributed by atoms with van der Waals surface area (Å²) in [6.07, 6.45) is 1.26. The molecule has 0 saturated carbocycles. The summed E-state index contributed by atoms with van der Waals surface area (Å²) in [5.41, 5.74) is 3.90. The van der Waals surface area contributed by atoms with Gasteiger partial charge < -0.3 is 10.1 Å². The number of halogens is 1. The van der Waals surface area contributed by atoms with E-state index in [1.807, 2.05) is 12.1 Å². The van der Waals surface area contributed by atoms with E-state index in [4.69, 9.17) is 4.74 Å². The van der Waals surface area contributed by atoms with E-state index in [-0.39, 0.29) is 6.10 Å². The quantitative estimate of drug-likeness (QED) is 0.918. The largest absolute Gasteiger partial charge is 0.488 e. The van der Waals surface area contributed by atoms with Crippen LogP contribution in [-0.2, 0) is 13.0 Å². The van der Waals surface area contributed by atoms with Crippen LogP contribution in [0.1, 0.15) is 16.7 Å². The fourth-order valence-electron chi connectivity index (χ4n) is 2.56. The normalized spacial score (nSPS) is 16.8. The molecule has 2 nitrogen and oxygen atoms in total. The lowest BCUT2D eigenvalue weighted by Gasteiger charge is -2.12. The van der Waals surface area contributed by atoms with Gasteiger partial charge in [0, 0.05) is 24.0 Å². The van der Waals surface area contributed by atoms with Crippen LogP contribution in [0, 0.1) is 6.92 Å². The minimum Gasteiger partial charge on any atom is -0.488 e. The maximum atomic E-state index is 5.92. The molecule has 104 valence electrons. The lowest BCUT2D eigenvalue weighted by molar-refractivity contribution is 0.227. The average molecular weight is 332 g/mol. The first-order valence-corrected chi connectivity index (χ1v) is 7.72. The Morgan fingerprint density at radius 2 is 2.10 bits per heavy atom. The second kappa shape index (κ2) is 5.98. The minimum atomic E-state index is 0.254. The summed E-state index contributed by atoms with van der Waals surface area (Å²) < 4.78 is 7.08. The fourth-order valence-corrected chi connectivity index (χ4v) is 2.81. The number of benzene rings is 2. The fraction of sp³-hybridized carbons (Fsp3) is 0.294. The second-order valence-corrected chi connectivity index (χ2v) is 6.12. The number of hydrogen-bond donors (Lipinski definition) is 1. The molecule has 20 heavy (non-hydrogen) atoms. The van der Waals surface area contributed by atoms with Gasteiger partial charge in [0.25, 0.3) is 0 Å². The third kappa shape index (κ3) is 3.05. The van der Waals surface area contributed by atoms with Crippen molar-refractivity contribution < 1.29 is 4.74 Å². The molecule has 1 aliphatic heterocycles. The molecule has 0 bridgehead atoms. The Hall–Kier alpha value is -1.32. The highest BCUT2D eigenvalue weighted by Gasteiger charge is 2.21. The number of aryl methyl sites for hydroxylation is 1. The van der Waals surface area contributed by atoms with Crippen molar-refractivity contribution in [2.24, 2.45) is 0 Å². The molecule has 0 aliphatic carbocycles. The van der Waals surface area contributed by atoms with Gasteiger partial charge in [0.05, 0.1) is 0 Å². The highest BCUT2D eigenvalue weighted by atomic mass is 79.9. The van der Waals surface area contributed by atoms with Crippen LogP contribution >= 0.6 is 15.9 Å². The summed E-state index contributed by atoms with van der Waals surface area (Å²) in [7, 11) is 0. The molecule has 2 aromatic rings. The maximum Gasteiger partial charge on any atom is 0.123 e. The van der Waals surface area contributed by atoms with Crippen LogP contribution < -0.4 is 10.1 Å². The molecule has 0 amide bonds. The van der Waals surface area contributed by atoms with E-state index in [9.17, 15) is 0 Å². The standard InChI is InChI=1S/C17H18BrNO/c1-12-8-13(6-7-16(12)18)10-19-11-15-9-14-4-2-3-5-17(14)20-15/h2-8,15,19H,9-11H2,1H3. The van der Waals surface area contributed by atoms with E-state index in [0.29, 0.717) is 0 Å². The number of para-hydroxylation sites is 1. The SMILES string of the molecule is Cc1cc(CNCC2Cc3ccccc3O2)ccc1Br. The van der Waals surface area contributed by atoms with Crippen molar-refractivity contribution in [3.8, 4) is 5.75 Å². The van der Waals surface area contributed by atoms with E-state index < -0.39 is 0 Å². The Morgan fingerprint density at radius 3 is 2.90 bits per heavy atom. The Balaban J connectivity index is 1.51. The van der Waals surface area contributed by atoms with Crippen molar-refractivity contribution in [1.82, 2.24) is 5.32 Å². The molecule has 0 aromatic heterocycles. The average Bonchev–Trinajstić information content (AvgIpc) is 2.85. The summed E-state index contributed by atoms with van der Waals surface area (Å²) >= 11 is 3.53. The summed E-state index contributed by atoms with van der Waals surface area (Å²) in [5, 5.41) is 3.48. The van der Waals surface area contributed by atoms with Gasteiger partial charge in [-0.2, -0.15) is 0 Å². The second-order valence-electron chi connectivity index (χ2n) is 5.27. The molecule has 0 radical (unpaired) electrons. The predicted octanol–water partition coefficient (Wildman–Crippen LogP) is 3.85. The van der Waals surface area contributed by atoms with Crippen LogP contribution in [-0.4, -0.2) is 12.6 Å². The number of ether oxygens (including phenoxy) is 1. The Morgan fingerprint density at radius 1 is 1.25 bits per heavy atom. The topological polar surface area (TPSA) is 21.3 Å². The van der Waals surface area contributed by atoms with E-state index in [1.54, 1.807) is 0 Å². The van der Waals surface area contributed by atoms with Gasteiger partial charge in [0.15, 0.2) is 0 Å². The highest BCUT2D eigenvalue weighted by Crippen LogP contribution is 2.27. The zero-order valence-electron chi connectivity index (χ0n) is 11.5. The zero-order valence-corrected chi connectivity index (χ0v) is 13.1. The van der Waals surface area contributed by atoms with Crippen LogP contribution in [0.5, 0.6) is 5.75 Å². The first-order chi connectivity index (χ1) is 9.72. The first-order valence-electron chi connectivity index (χ1n) is 6.92. The smallest absolute Gasteiger partial charge is 0.123 e. The Bertz CT molecular complexity index is 587. The first kappa shape index (κ1) is 13.7. The summed E-state index contributed by atoms with van der Waals surface area (Å²) in [4.78, 5) is 0. The summed E-state index contributed by atoms with van der Waals surface area (Å²) in [5.74, 6) is 1.04. The third-order valence-electron chi connectivity index (χ3n) is 3.64. The van der Waals surface area contributed by atoms with Crippen LogP contribution in [0.25, 0.3) is 0 Å². The number of rotatable bonds is 4. The van der Waals surface area contributed by atoms with Gasteiger partial charge in [-0.15, -0.1) is 0 Å². The molecule has 0 spiro atoms. The van der Waals surface area contributed by atoms with Crippen molar-refractivity contribution in [3.05, 3.63) is 63.6 Å². The molecular weight excluding hydrogens is 314 g/mol. The lowest BCUT2D eigenvalue weighted by atomic mass is 10.1. The van der Waals surface area contributed by atoms with Crippen LogP contribution in [0.15, 0.2) is 46.9 Å². The molecule has 1 aliphatic rings. The molecular formula is C17H18BrNO. The van der Waals surface area contributed by atoms with E-state index in [2.05, 4.69) is 58.5 Å². The van der Waals surface area contributed by atoms with Crippen molar-refractivity contribution in [3.63, 3.8) is 0 Å². The molecule has 2 aromatic carbocycles. The van der Waals surface area contributed by atoms with Gasteiger partial charge in [-0.1, -0.05) is 46.3 Å². The Kier molecular flexibility index (Phi) is 4.08. The van der Waals surface area contributed by atoms with Gasteiger partial charge in [0.1, 0.15) is 11.9 Å². The molecule has 0 fully saturated rings. The zero-order chi connectivity index (χ0) is 13.9. The van der Waals surface area contributed by atoms with Crippen LogP contribution in [0.2, 0.25) is 0 Å². The molecule has 3 rings (SSSR count). The number of hydrogen-bond acceptors (Lipinski definition) is 2. The van der Waals surface area contributed by atoms with Crippen LogP contribution in [0.3, 0.4) is 0 Å². The van der Waals surface area contributed by atoms with Gasteiger partial charge in [-0.25, -0.2) is 0 Å². The third-order valence-corrected chi connectivity index (χ3v) is 4.53. The summed E-state index contributed by atoms with van der Waals surface area (Å²) in [6.45, 7) is 3.87. The van der Waals surface area contributed by atoms with Gasteiger partial charge in [0.2, 0.25) is 0 Å². The van der Waals surface area contributed by atoms with Gasteiger partial charge in [-0.05, 0) is 35.7 Å².